The molecular formula is C14H21N3O2. The van der Waals surface area contributed by atoms with Crippen molar-refractivity contribution in [3.05, 3.63) is 33.7 Å². The number of nitrogens with one attached hydrogen (secondary N) is 2. The number of carbonyl (C=O) groups is 1. The molecule has 2 atom stereocenters. The predicted octanol–water partition coefficient (Wildman–Crippen LogP) is 0.753. The molecule has 0 aliphatic carbocycles. The van der Waals surface area contributed by atoms with E-state index in [9.17, 15) is 9.59 Å². The number of pyridine rings is 1. The molecule has 1 fully saturated rings. The number of H-pyrrole nitrogens is 1. The first-order valence-electron chi connectivity index (χ1n) is 6.68. The zero-order valence-electron chi connectivity index (χ0n) is 11.7. The van der Waals surface area contributed by atoms with Gasteiger partial charge in [-0.15, -0.1) is 0 Å². The van der Waals surface area contributed by atoms with Gasteiger partial charge in [-0.25, -0.2) is 0 Å². The average molecular weight is 263 g/mol. The number of carbonyl (C=O) groups excluding carboxylic acids is 1. The molecule has 1 aromatic rings. The van der Waals surface area contributed by atoms with Crippen molar-refractivity contribution in [3.8, 4) is 0 Å². The van der Waals surface area contributed by atoms with Crippen molar-refractivity contribution in [2.24, 2.45) is 5.92 Å². The lowest BCUT2D eigenvalue weighted by Crippen LogP contribution is -2.49. The maximum absolute atomic E-state index is 12.4. The lowest BCUT2D eigenvalue weighted by Gasteiger charge is -2.36. The zero-order valence-corrected chi connectivity index (χ0v) is 11.7. The molecule has 0 saturated carbocycles. The van der Waals surface area contributed by atoms with Gasteiger partial charge in [0, 0.05) is 37.1 Å². The molecule has 2 N–H and O–H groups in total. The van der Waals surface area contributed by atoms with Crippen LogP contribution in [0.5, 0.6) is 0 Å². The van der Waals surface area contributed by atoms with E-state index in [0.29, 0.717) is 25.0 Å². The van der Waals surface area contributed by atoms with Gasteiger partial charge in [-0.05, 0) is 26.3 Å². The van der Waals surface area contributed by atoms with E-state index in [4.69, 9.17) is 0 Å². The van der Waals surface area contributed by atoms with E-state index in [1.807, 2.05) is 7.05 Å². The minimum Gasteiger partial charge on any atom is -0.364 e. The van der Waals surface area contributed by atoms with Gasteiger partial charge in [-0.2, -0.15) is 0 Å². The van der Waals surface area contributed by atoms with Crippen molar-refractivity contribution < 1.29 is 4.79 Å². The molecule has 0 aromatic carbocycles. The molecule has 0 spiro atoms. The van der Waals surface area contributed by atoms with Gasteiger partial charge in [0.05, 0.1) is 0 Å². The first-order chi connectivity index (χ1) is 9.02. The molecule has 0 bridgehead atoms. The van der Waals surface area contributed by atoms with Crippen molar-refractivity contribution in [1.82, 2.24) is 15.2 Å². The normalized spacial score (nSPS) is 23.4. The van der Waals surface area contributed by atoms with Gasteiger partial charge in [-0.3, -0.25) is 9.59 Å². The van der Waals surface area contributed by atoms with Crippen LogP contribution in [0, 0.1) is 12.8 Å². The Labute approximate surface area is 113 Å². The summed E-state index contributed by atoms with van der Waals surface area (Å²) in [5.74, 6) is 0.231. The predicted molar refractivity (Wildman–Crippen MR) is 74.3 cm³/mol. The third-order valence-electron chi connectivity index (χ3n) is 3.85. The topological polar surface area (TPSA) is 65.2 Å². The minimum absolute atomic E-state index is 0.164. The molecule has 2 unspecified atom stereocenters. The Balaban J connectivity index is 2.15. The Bertz CT molecular complexity index is 524. The molecule has 5 nitrogen and oxygen atoms in total. The van der Waals surface area contributed by atoms with Crippen LogP contribution in [0.2, 0.25) is 0 Å². The number of nitrogens with zero attached hydrogens (tertiary/aromatic N) is 1. The number of rotatable bonds is 2. The molecule has 1 amide bonds. The molecule has 1 saturated heterocycles. The molecule has 1 aromatic heterocycles. The highest BCUT2D eigenvalue weighted by Gasteiger charge is 2.28. The third kappa shape index (κ3) is 2.87. The van der Waals surface area contributed by atoms with E-state index in [2.05, 4.69) is 17.2 Å². The van der Waals surface area contributed by atoms with Crippen molar-refractivity contribution in [3.63, 3.8) is 0 Å². The Kier molecular flexibility index (Phi) is 4.04. The number of aryl methyl sites for hydroxylation is 1. The summed E-state index contributed by atoms with van der Waals surface area (Å²) in [7, 11) is 1.95. The van der Waals surface area contributed by atoms with Crippen LogP contribution >= 0.6 is 0 Å². The summed E-state index contributed by atoms with van der Waals surface area (Å²) in [5, 5.41) is 3.27. The number of hydrogen-bond donors (Lipinski definition) is 2. The highest BCUT2D eigenvalue weighted by atomic mass is 16.2. The summed E-state index contributed by atoms with van der Waals surface area (Å²) in [4.78, 5) is 28.9. The minimum atomic E-state index is -0.204. The molecule has 2 heterocycles. The quantitative estimate of drug-likeness (QED) is 0.827. The van der Waals surface area contributed by atoms with Crippen LogP contribution in [0.4, 0.5) is 0 Å². The highest BCUT2D eigenvalue weighted by Crippen LogP contribution is 2.17. The maximum Gasteiger partial charge on any atom is 0.259 e. The lowest BCUT2D eigenvalue weighted by atomic mass is 9.93. The van der Waals surface area contributed by atoms with Crippen molar-refractivity contribution >= 4 is 5.91 Å². The fraction of sp³-hybridized carbons (Fsp3) is 0.571. The summed E-state index contributed by atoms with van der Waals surface area (Å²) < 4.78 is 0. The first-order valence-corrected chi connectivity index (χ1v) is 6.68. The average Bonchev–Trinajstić information content (AvgIpc) is 2.38. The van der Waals surface area contributed by atoms with Gasteiger partial charge in [0.25, 0.3) is 5.91 Å². The molecule has 19 heavy (non-hydrogen) atoms. The van der Waals surface area contributed by atoms with Crippen LogP contribution in [0.15, 0.2) is 17.1 Å². The Morgan fingerprint density at radius 2 is 2.26 bits per heavy atom. The summed E-state index contributed by atoms with van der Waals surface area (Å²) in [5.41, 5.74) is 0.800. The van der Waals surface area contributed by atoms with Crippen molar-refractivity contribution in [1.29, 1.82) is 0 Å². The van der Waals surface area contributed by atoms with E-state index in [-0.39, 0.29) is 16.9 Å². The van der Waals surface area contributed by atoms with Crippen LogP contribution in [0.3, 0.4) is 0 Å². The van der Waals surface area contributed by atoms with Crippen LogP contribution in [-0.4, -0.2) is 42.0 Å². The Morgan fingerprint density at radius 3 is 2.84 bits per heavy atom. The van der Waals surface area contributed by atoms with E-state index in [1.165, 1.54) is 12.3 Å². The summed E-state index contributed by atoms with van der Waals surface area (Å²) in [6, 6.07) is 1.91. The van der Waals surface area contributed by atoms with Gasteiger partial charge in [0.2, 0.25) is 0 Å². The smallest absolute Gasteiger partial charge is 0.259 e. The molecule has 1 aliphatic heterocycles. The second-order valence-corrected chi connectivity index (χ2v) is 5.31. The van der Waals surface area contributed by atoms with E-state index < -0.39 is 0 Å². The largest absolute Gasteiger partial charge is 0.364 e. The Hall–Kier alpha value is -1.62. The lowest BCUT2D eigenvalue weighted by molar-refractivity contribution is 0.0647. The van der Waals surface area contributed by atoms with E-state index in [1.54, 1.807) is 11.8 Å². The van der Waals surface area contributed by atoms with E-state index >= 15 is 0 Å². The Morgan fingerprint density at radius 1 is 1.53 bits per heavy atom. The van der Waals surface area contributed by atoms with Gasteiger partial charge in [-0.1, -0.05) is 6.92 Å². The molecule has 5 heteroatoms. The number of aromatic nitrogens is 1. The van der Waals surface area contributed by atoms with Crippen LogP contribution in [0.25, 0.3) is 0 Å². The zero-order chi connectivity index (χ0) is 14.0. The summed E-state index contributed by atoms with van der Waals surface area (Å²) in [6.07, 6.45) is 2.45. The van der Waals surface area contributed by atoms with Gasteiger partial charge >= 0.3 is 0 Å². The highest BCUT2D eigenvalue weighted by molar-refractivity contribution is 5.93. The van der Waals surface area contributed by atoms with Crippen LogP contribution < -0.4 is 10.7 Å². The van der Waals surface area contributed by atoms with Crippen LogP contribution in [-0.2, 0) is 0 Å². The number of piperidine rings is 1. The van der Waals surface area contributed by atoms with Gasteiger partial charge in [0.1, 0.15) is 5.56 Å². The molecule has 1 aliphatic rings. The fourth-order valence-corrected chi connectivity index (χ4v) is 2.67. The molecule has 2 rings (SSSR count). The second kappa shape index (κ2) is 5.57. The number of likely N-dealkylation sites (tertiary alicyclic amines) is 1. The van der Waals surface area contributed by atoms with Crippen molar-refractivity contribution in [2.45, 2.75) is 26.3 Å². The summed E-state index contributed by atoms with van der Waals surface area (Å²) in [6.45, 7) is 5.32. The van der Waals surface area contributed by atoms with Gasteiger partial charge in [0.15, 0.2) is 5.43 Å². The number of hydrogen-bond acceptors (Lipinski definition) is 3. The van der Waals surface area contributed by atoms with E-state index in [0.717, 1.165) is 12.1 Å². The second-order valence-electron chi connectivity index (χ2n) is 5.31. The van der Waals surface area contributed by atoms with Crippen molar-refractivity contribution in [2.75, 3.05) is 20.1 Å². The first kappa shape index (κ1) is 13.8. The third-order valence-corrected chi connectivity index (χ3v) is 3.85. The van der Waals surface area contributed by atoms with Gasteiger partial charge < -0.3 is 15.2 Å². The fourth-order valence-electron chi connectivity index (χ4n) is 2.67. The molecule has 0 radical (unpaired) electrons. The monoisotopic (exact) mass is 263 g/mol. The standard InChI is InChI=1S/C14H21N3O2/c1-9-8-17(5-4-12(9)15-3)14(19)11-7-16-10(2)6-13(11)18/h6-7,9,12,15H,4-5,8H2,1-3H3,(H,16,18). The summed E-state index contributed by atoms with van der Waals surface area (Å²) >= 11 is 0. The number of amides is 1. The molecular weight excluding hydrogens is 242 g/mol. The number of aromatic amines is 1. The molecule has 104 valence electrons. The maximum atomic E-state index is 12.4. The SMILES string of the molecule is CNC1CCN(C(=O)c2c[nH]c(C)cc2=O)CC1C. The van der Waals surface area contributed by atoms with Crippen LogP contribution in [0.1, 0.15) is 29.4 Å².